The van der Waals surface area contributed by atoms with Gasteiger partial charge in [-0.3, -0.25) is 4.68 Å². The first-order chi connectivity index (χ1) is 6.88. The Labute approximate surface area is 85.1 Å². The van der Waals surface area contributed by atoms with E-state index < -0.39 is 16.2 Å². The molecule has 0 saturated heterocycles. The lowest BCUT2D eigenvalue weighted by atomic mass is 10.5. The lowest BCUT2D eigenvalue weighted by Gasteiger charge is -2.00. The molecule has 0 aromatic carbocycles. The minimum atomic E-state index is -3.73. The predicted octanol–water partition coefficient (Wildman–Crippen LogP) is -2.23. The molecule has 0 aliphatic heterocycles. The van der Waals surface area contributed by atoms with Gasteiger partial charge >= 0.3 is 5.97 Å². The van der Waals surface area contributed by atoms with E-state index in [1.807, 2.05) is 4.72 Å². The van der Waals surface area contributed by atoms with E-state index in [2.05, 4.69) is 15.5 Å². The van der Waals surface area contributed by atoms with E-state index in [9.17, 15) is 13.2 Å². The molecule has 1 aromatic rings. The maximum Gasteiger partial charge on any atom is 0.358 e. The van der Waals surface area contributed by atoms with E-state index >= 15 is 0 Å². The number of hydrogen-bond acceptors (Lipinski definition) is 5. The summed E-state index contributed by atoms with van der Waals surface area (Å²) in [5.41, 5.74) is -0.203. The lowest BCUT2D eigenvalue weighted by Crippen LogP contribution is -2.33. The minimum Gasteiger partial charge on any atom is -0.476 e. The summed E-state index contributed by atoms with van der Waals surface area (Å²) in [5, 5.41) is 20.0. The van der Waals surface area contributed by atoms with Gasteiger partial charge in [-0.25, -0.2) is 14.7 Å². The van der Waals surface area contributed by atoms with Gasteiger partial charge < -0.3 is 5.11 Å². The third-order valence-electron chi connectivity index (χ3n) is 1.40. The smallest absolute Gasteiger partial charge is 0.358 e. The second-order valence-electron chi connectivity index (χ2n) is 2.61. The molecule has 9 nitrogen and oxygen atoms in total. The zero-order chi connectivity index (χ0) is 11.5. The summed E-state index contributed by atoms with van der Waals surface area (Å²) in [4.78, 5) is 10.4. The molecule has 0 bridgehead atoms. The van der Waals surface area contributed by atoms with Crippen LogP contribution in [0.5, 0.6) is 0 Å². The Kier molecular flexibility index (Phi) is 3.34. The fourth-order valence-corrected chi connectivity index (χ4v) is 1.18. The molecule has 0 spiro atoms. The average molecular weight is 235 g/mol. The molecular formula is C5H9N5O4S. The van der Waals surface area contributed by atoms with Gasteiger partial charge in [-0.15, -0.1) is 5.10 Å². The summed E-state index contributed by atoms with van der Waals surface area (Å²) in [6.45, 7) is 0.165. The van der Waals surface area contributed by atoms with Crippen LogP contribution in [0, 0.1) is 0 Å². The number of nitrogens with zero attached hydrogens (tertiary/aromatic N) is 3. The van der Waals surface area contributed by atoms with Crippen molar-refractivity contribution in [1.82, 2.24) is 19.7 Å². The van der Waals surface area contributed by atoms with Gasteiger partial charge in [0.15, 0.2) is 5.69 Å². The molecular weight excluding hydrogens is 226 g/mol. The third kappa shape index (κ3) is 4.01. The Morgan fingerprint density at radius 3 is 2.80 bits per heavy atom. The van der Waals surface area contributed by atoms with Gasteiger partial charge in [0.1, 0.15) is 0 Å². The number of hydrogen-bond donors (Lipinski definition) is 3. The van der Waals surface area contributed by atoms with Gasteiger partial charge in [-0.1, -0.05) is 5.21 Å². The molecule has 1 aromatic heterocycles. The molecule has 0 atom stereocenters. The largest absolute Gasteiger partial charge is 0.476 e. The van der Waals surface area contributed by atoms with Gasteiger partial charge in [-0.05, 0) is 0 Å². The van der Waals surface area contributed by atoms with E-state index in [0.29, 0.717) is 0 Å². The number of aromatic nitrogens is 3. The monoisotopic (exact) mass is 235 g/mol. The number of carboxylic acids is 1. The van der Waals surface area contributed by atoms with Crippen LogP contribution in [0.4, 0.5) is 0 Å². The molecule has 4 N–H and O–H groups in total. The van der Waals surface area contributed by atoms with Crippen LogP contribution in [0.25, 0.3) is 0 Å². The molecule has 0 radical (unpaired) electrons. The first-order valence-electron chi connectivity index (χ1n) is 3.79. The quantitative estimate of drug-likeness (QED) is 0.527. The maximum atomic E-state index is 10.5. The summed E-state index contributed by atoms with van der Waals surface area (Å²) in [5.74, 6) is -1.19. The fraction of sp³-hybridized carbons (Fsp3) is 0.400. The molecule has 10 heteroatoms. The van der Waals surface area contributed by atoms with Crippen molar-refractivity contribution in [3.63, 3.8) is 0 Å². The average Bonchev–Trinajstić information content (AvgIpc) is 2.50. The molecule has 0 fully saturated rings. The number of rotatable bonds is 5. The van der Waals surface area contributed by atoms with Crippen molar-refractivity contribution >= 4 is 16.2 Å². The second kappa shape index (κ2) is 4.33. The summed E-state index contributed by atoms with van der Waals surface area (Å²) in [6, 6.07) is 0. The van der Waals surface area contributed by atoms with Crippen molar-refractivity contribution in [2.45, 2.75) is 6.54 Å². The number of nitrogens with two attached hydrogens (primary N) is 1. The highest BCUT2D eigenvalue weighted by Gasteiger charge is 2.08. The zero-order valence-electron chi connectivity index (χ0n) is 7.49. The van der Waals surface area contributed by atoms with E-state index in [1.165, 1.54) is 10.9 Å². The van der Waals surface area contributed by atoms with Crippen LogP contribution >= 0.6 is 0 Å². The van der Waals surface area contributed by atoms with Crippen LogP contribution in [-0.4, -0.2) is 41.0 Å². The second-order valence-corrected chi connectivity index (χ2v) is 3.99. The Bertz CT molecular complexity index is 452. The van der Waals surface area contributed by atoms with Crippen molar-refractivity contribution in [3.05, 3.63) is 11.9 Å². The first-order valence-corrected chi connectivity index (χ1v) is 5.34. The van der Waals surface area contributed by atoms with E-state index in [1.54, 1.807) is 0 Å². The zero-order valence-corrected chi connectivity index (χ0v) is 8.31. The molecule has 1 rings (SSSR count). The number of carboxylic acid groups (broad SMARTS) is 1. The Morgan fingerprint density at radius 2 is 2.33 bits per heavy atom. The molecule has 0 amide bonds. The maximum absolute atomic E-state index is 10.5. The van der Waals surface area contributed by atoms with Crippen LogP contribution < -0.4 is 9.86 Å². The van der Waals surface area contributed by atoms with Crippen LogP contribution in [0.1, 0.15) is 10.5 Å². The Balaban J connectivity index is 2.48. The minimum absolute atomic E-state index is 0.0151. The van der Waals surface area contributed by atoms with Crippen molar-refractivity contribution in [2.24, 2.45) is 5.14 Å². The highest BCUT2D eigenvalue weighted by Crippen LogP contribution is 1.91. The first kappa shape index (κ1) is 11.6. The van der Waals surface area contributed by atoms with Crippen LogP contribution in [0.3, 0.4) is 0 Å². The van der Waals surface area contributed by atoms with Crippen LogP contribution in [-0.2, 0) is 16.8 Å². The van der Waals surface area contributed by atoms with Gasteiger partial charge in [0.25, 0.3) is 10.2 Å². The van der Waals surface area contributed by atoms with Crippen LogP contribution in [0.2, 0.25) is 0 Å². The molecule has 0 unspecified atom stereocenters. The van der Waals surface area contributed by atoms with E-state index in [4.69, 9.17) is 5.11 Å². The molecule has 0 aliphatic carbocycles. The van der Waals surface area contributed by atoms with Crippen molar-refractivity contribution < 1.29 is 18.3 Å². The van der Waals surface area contributed by atoms with E-state index in [0.717, 1.165) is 0 Å². The topological polar surface area (TPSA) is 140 Å². The molecule has 84 valence electrons. The Morgan fingerprint density at radius 1 is 1.67 bits per heavy atom. The summed E-state index contributed by atoms with van der Waals surface area (Å²) >= 11 is 0. The third-order valence-corrected chi connectivity index (χ3v) is 2.01. The van der Waals surface area contributed by atoms with Gasteiger partial charge in [0.05, 0.1) is 12.7 Å². The number of nitrogens with one attached hydrogen (secondary N) is 1. The summed E-state index contributed by atoms with van der Waals surface area (Å²) < 4.78 is 24.1. The summed E-state index contributed by atoms with van der Waals surface area (Å²) in [6.07, 6.45) is 1.19. The molecule has 0 aliphatic rings. The fourth-order valence-electron chi connectivity index (χ4n) is 0.808. The molecule has 1 heterocycles. The molecule has 0 saturated carbocycles. The van der Waals surface area contributed by atoms with E-state index in [-0.39, 0.29) is 18.8 Å². The highest BCUT2D eigenvalue weighted by molar-refractivity contribution is 7.87. The van der Waals surface area contributed by atoms with Gasteiger partial charge in [-0.2, -0.15) is 8.42 Å². The van der Waals surface area contributed by atoms with Crippen molar-refractivity contribution in [1.29, 1.82) is 0 Å². The number of aromatic carboxylic acids is 1. The van der Waals surface area contributed by atoms with Crippen molar-refractivity contribution in [3.8, 4) is 0 Å². The number of carbonyl (C=O) groups is 1. The lowest BCUT2D eigenvalue weighted by molar-refractivity contribution is 0.0690. The van der Waals surface area contributed by atoms with Gasteiger partial charge in [0, 0.05) is 6.54 Å². The summed E-state index contributed by atoms with van der Waals surface area (Å²) in [7, 11) is -3.73. The molecule has 15 heavy (non-hydrogen) atoms. The normalized spacial score (nSPS) is 11.5. The van der Waals surface area contributed by atoms with Crippen molar-refractivity contribution in [2.75, 3.05) is 6.54 Å². The van der Waals surface area contributed by atoms with Gasteiger partial charge in [0.2, 0.25) is 0 Å². The SMILES string of the molecule is NS(=O)(=O)NCCn1cc(C(=O)O)nn1. The highest BCUT2D eigenvalue weighted by atomic mass is 32.2. The predicted molar refractivity (Wildman–Crippen MR) is 48.1 cm³/mol. The Hall–Kier alpha value is -1.52. The standard InChI is InChI=1S/C5H9N5O4S/c6-15(13,14)7-1-2-10-3-4(5(11)12)8-9-10/h3,7H,1-2H2,(H,11,12)(H2,6,13,14). The van der Waals surface area contributed by atoms with Crippen LogP contribution in [0.15, 0.2) is 6.20 Å².